The molecule has 2 aliphatic rings. The number of nitrogens with zero attached hydrogens (tertiary/aromatic N) is 2. The van der Waals surface area contributed by atoms with Gasteiger partial charge in [0.25, 0.3) is 0 Å². The zero-order valence-corrected chi connectivity index (χ0v) is 32.2. The van der Waals surface area contributed by atoms with Crippen molar-refractivity contribution in [2.75, 3.05) is 31.5 Å². The van der Waals surface area contributed by atoms with Gasteiger partial charge in [-0.3, -0.25) is 28.8 Å². The van der Waals surface area contributed by atoms with E-state index in [-0.39, 0.29) is 38.6 Å². The number of esters is 1. The molecule has 3 aromatic rings. The number of hydrogen-bond acceptors (Lipinski definition) is 7. The molecule has 12 nitrogen and oxygen atoms in total. The zero-order valence-electron chi connectivity index (χ0n) is 31.5. The number of carbonyl (C=O) groups is 6. The van der Waals surface area contributed by atoms with Crippen molar-refractivity contribution in [3.63, 3.8) is 0 Å². The summed E-state index contributed by atoms with van der Waals surface area (Å²) >= 11 is 5.73. The Labute approximate surface area is 330 Å². The van der Waals surface area contributed by atoms with E-state index in [9.17, 15) is 33.2 Å². The molecule has 0 radical (unpaired) electrons. The second-order valence-corrected chi connectivity index (χ2v) is 14.2. The van der Waals surface area contributed by atoms with Gasteiger partial charge in [-0.15, -0.1) is 11.6 Å². The van der Waals surface area contributed by atoms with Crippen molar-refractivity contribution in [2.45, 2.75) is 75.5 Å². The molecule has 3 N–H and O–H groups in total. The molecule has 4 atom stereocenters. The Morgan fingerprint density at radius 1 is 0.875 bits per heavy atom. The minimum atomic E-state index is -1.17. The molecule has 0 spiro atoms. The van der Waals surface area contributed by atoms with Gasteiger partial charge in [0, 0.05) is 38.5 Å². The summed E-state index contributed by atoms with van der Waals surface area (Å²) < 4.78 is 18.6. The van der Waals surface area contributed by atoms with Crippen LogP contribution in [0.25, 0.3) is 5.57 Å². The first-order valence-electron chi connectivity index (χ1n) is 18.7. The number of piperidine rings is 1. The van der Waals surface area contributed by atoms with Crippen molar-refractivity contribution in [3.8, 4) is 0 Å². The summed E-state index contributed by atoms with van der Waals surface area (Å²) in [4.78, 5) is 83.9. The van der Waals surface area contributed by atoms with Gasteiger partial charge < -0.3 is 30.5 Å². The number of amides is 5. The minimum absolute atomic E-state index is 0.0418. The van der Waals surface area contributed by atoms with Crippen LogP contribution in [0.3, 0.4) is 0 Å². The van der Waals surface area contributed by atoms with E-state index in [4.69, 9.17) is 16.3 Å². The van der Waals surface area contributed by atoms with E-state index in [2.05, 4.69) is 16.0 Å². The molecule has 1 aliphatic carbocycles. The number of nitrogens with one attached hydrogen (secondary N) is 3. The smallest absolute Gasteiger partial charge is 0.305 e. The predicted molar refractivity (Wildman–Crippen MR) is 210 cm³/mol. The molecule has 0 bridgehead atoms. The topological polar surface area (TPSA) is 154 Å². The van der Waals surface area contributed by atoms with Gasteiger partial charge in [-0.1, -0.05) is 60.7 Å². The molecule has 5 rings (SSSR count). The second kappa shape index (κ2) is 19.9. The van der Waals surface area contributed by atoms with Crippen LogP contribution >= 0.6 is 11.6 Å². The van der Waals surface area contributed by atoms with Crippen LogP contribution in [0.1, 0.15) is 55.2 Å². The van der Waals surface area contributed by atoms with Crippen molar-refractivity contribution >= 4 is 58.4 Å². The van der Waals surface area contributed by atoms with E-state index in [1.807, 2.05) is 36.4 Å². The summed E-state index contributed by atoms with van der Waals surface area (Å²) in [6, 6.07) is 17.9. The maximum Gasteiger partial charge on any atom is 0.305 e. The number of alkyl halides is 1. The number of anilines is 1. The van der Waals surface area contributed by atoms with E-state index in [0.29, 0.717) is 30.5 Å². The summed E-state index contributed by atoms with van der Waals surface area (Å²) in [6.07, 6.45) is 4.06. The highest BCUT2D eigenvalue weighted by Gasteiger charge is 2.38. The number of carbonyl (C=O) groups excluding carboxylic acids is 6. The van der Waals surface area contributed by atoms with Gasteiger partial charge in [-0.05, 0) is 78.6 Å². The summed E-state index contributed by atoms with van der Waals surface area (Å²) in [5.74, 6) is -4.22. The fourth-order valence-electron chi connectivity index (χ4n) is 7.11. The van der Waals surface area contributed by atoms with E-state index in [0.717, 1.165) is 16.7 Å². The van der Waals surface area contributed by atoms with Crippen molar-refractivity contribution in [3.05, 3.63) is 107 Å². The van der Waals surface area contributed by atoms with Crippen LogP contribution in [0.4, 0.5) is 10.1 Å². The first kappa shape index (κ1) is 41.6. The first-order chi connectivity index (χ1) is 27.0. The fraction of sp³-hybridized carbons (Fsp3) is 0.381. The molecular formula is C42H47ClFN5O7. The lowest BCUT2D eigenvalue weighted by Crippen LogP contribution is -2.60. The third-order valence-corrected chi connectivity index (χ3v) is 10.4. The van der Waals surface area contributed by atoms with Crippen molar-refractivity contribution < 1.29 is 37.9 Å². The van der Waals surface area contributed by atoms with Crippen LogP contribution in [0, 0.1) is 5.82 Å². The van der Waals surface area contributed by atoms with Gasteiger partial charge in [-0.25, -0.2) is 4.39 Å². The second-order valence-electron chi connectivity index (χ2n) is 13.9. The summed E-state index contributed by atoms with van der Waals surface area (Å²) in [5.41, 5.74) is 4.07. The van der Waals surface area contributed by atoms with Crippen molar-refractivity contribution in [1.82, 2.24) is 20.9 Å². The number of para-hydroxylation sites is 1. The summed E-state index contributed by atoms with van der Waals surface area (Å²) in [7, 11) is 2.82. The predicted octanol–water partition coefficient (Wildman–Crippen LogP) is 4.09. The lowest BCUT2D eigenvalue weighted by Gasteiger charge is -2.37. The van der Waals surface area contributed by atoms with E-state index < -0.39 is 71.4 Å². The van der Waals surface area contributed by atoms with E-state index in [1.54, 1.807) is 43.4 Å². The number of likely N-dealkylation sites (tertiary alicyclic amines) is 1. The highest BCUT2D eigenvalue weighted by molar-refractivity contribution is 6.27. The Bertz CT molecular complexity index is 1930. The monoisotopic (exact) mass is 787 g/mol. The highest BCUT2D eigenvalue weighted by Crippen LogP contribution is 2.31. The lowest BCUT2D eigenvalue weighted by molar-refractivity contribution is -0.146. The molecular weight excluding hydrogens is 741 g/mol. The molecule has 56 heavy (non-hydrogen) atoms. The molecule has 0 aromatic heterocycles. The van der Waals surface area contributed by atoms with Crippen molar-refractivity contribution in [1.29, 1.82) is 0 Å². The summed E-state index contributed by atoms with van der Waals surface area (Å²) in [6.45, 7) is 0.206. The number of methoxy groups -OCH3 is 1. The first-order valence-corrected chi connectivity index (χ1v) is 19.2. The van der Waals surface area contributed by atoms with E-state index >= 15 is 0 Å². The number of fused-ring (bicyclic) bond motifs is 1. The fourth-order valence-corrected chi connectivity index (χ4v) is 7.19. The van der Waals surface area contributed by atoms with Crippen molar-refractivity contribution in [2.24, 2.45) is 0 Å². The van der Waals surface area contributed by atoms with Gasteiger partial charge in [-0.2, -0.15) is 0 Å². The summed E-state index contributed by atoms with van der Waals surface area (Å²) in [5, 5.41) is 8.38. The Morgan fingerprint density at radius 2 is 1.59 bits per heavy atom. The molecule has 0 saturated carbocycles. The van der Waals surface area contributed by atoms with Gasteiger partial charge in [0.2, 0.25) is 29.5 Å². The molecule has 0 unspecified atom stereocenters. The van der Waals surface area contributed by atoms with Crippen LogP contribution < -0.4 is 20.9 Å². The lowest BCUT2D eigenvalue weighted by atomic mass is 9.96. The maximum absolute atomic E-state index is 14.5. The Hall–Kier alpha value is -5.56. The van der Waals surface area contributed by atoms with Gasteiger partial charge in [0.1, 0.15) is 35.9 Å². The van der Waals surface area contributed by atoms with E-state index in [1.165, 1.54) is 29.0 Å². The normalized spacial score (nSPS) is 16.3. The number of hydrogen-bond donors (Lipinski definition) is 3. The minimum Gasteiger partial charge on any atom is -0.469 e. The third kappa shape index (κ3) is 10.8. The van der Waals surface area contributed by atoms with Crippen LogP contribution in [0.5, 0.6) is 0 Å². The number of allylic oxidation sites excluding steroid dienone is 1. The number of likely N-dealkylation sites (N-methyl/N-ethyl adjacent to an activating group) is 1. The molecule has 14 heteroatoms. The number of halogens is 2. The number of benzene rings is 3. The zero-order chi connectivity index (χ0) is 40.2. The Morgan fingerprint density at radius 3 is 2.30 bits per heavy atom. The maximum atomic E-state index is 14.5. The molecule has 1 aliphatic heterocycles. The average Bonchev–Trinajstić information content (AvgIpc) is 3.64. The molecule has 1 heterocycles. The molecule has 5 amide bonds. The highest BCUT2D eigenvalue weighted by atomic mass is 35.5. The Kier molecular flexibility index (Phi) is 14.7. The molecule has 296 valence electrons. The van der Waals surface area contributed by atoms with Gasteiger partial charge >= 0.3 is 5.97 Å². The number of ether oxygens (including phenoxy) is 1. The third-order valence-electron chi connectivity index (χ3n) is 10.1. The van der Waals surface area contributed by atoms with Gasteiger partial charge in [0.15, 0.2) is 0 Å². The van der Waals surface area contributed by atoms with Crippen LogP contribution in [0.2, 0.25) is 0 Å². The molecule has 3 aromatic carbocycles. The average molecular weight is 788 g/mol. The van der Waals surface area contributed by atoms with Crippen LogP contribution in [-0.2, 0) is 46.3 Å². The molecule has 1 saturated heterocycles. The van der Waals surface area contributed by atoms with Gasteiger partial charge in [0.05, 0.1) is 7.11 Å². The quantitative estimate of drug-likeness (QED) is 0.146. The largest absolute Gasteiger partial charge is 0.469 e. The SMILES string of the molecule is COC(=O)CC[C@H](NC(=O)CCl)C(=O)N1CCCC[C@H]1C(=O)N[C@@H](CC1=CCc2ccccc21)C(=O)N[C@@H](Cc1ccc(F)cc1)C(=O)N(C)c1ccccc1. The molecule has 1 fully saturated rings. The standard InChI is InChI=1S/C42H47ClFN5O7/c1-48(31-11-4-3-5-12-31)41(54)35(24-27-15-19-30(44)20-16-27)47-39(52)34(25-29-18-17-28-10-6-7-13-32(28)29)46-40(53)36-14-8-9-23-49(36)42(55)33(45-37(50)26-43)21-22-38(51)56-2/h3-7,10-13,15-16,18-20,33-36H,8-9,14,17,21-26H2,1-2H3,(H,45,50)(H,46,53)(H,47,52)/t33-,34-,35-,36-/m0/s1. The van der Waals surface area contributed by atoms with Crippen LogP contribution in [0.15, 0.2) is 84.9 Å². The van der Waals surface area contributed by atoms with Crippen LogP contribution in [-0.4, -0.2) is 91.2 Å². The number of rotatable bonds is 16. The Balaban J connectivity index is 1.42.